The van der Waals surface area contributed by atoms with Crippen molar-refractivity contribution in [3.05, 3.63) is 172 Å². The van der Waals surface area contributed by atoms with Gasteiger partial charge in [0, 0.05) is 94.1 Å². The maximum Gasteiger partial charge on any atom is 0.160 e. The summed E-state index contributed by atoms with van der Waals surface area (Å²) in [5.74, 6) is 0.567. The van der Waals surface area contributed by atoms with E-state index >= 15 is 0 Å². The largest absolute Gasteiger partial charge is 0.244 e. The van der Waals surface area contributed by atoms with Crippen LogP contribution >= 0.6 is 0 Å². The second-order valence-corrected chi connectivity index (χ2v) is 12.5. The second kappa shape index (κ2) is 14.5. The van der Waals surface area contributed by atoms with Crippen LogP contribution in [0.4, 0.5) is 0 Å². The fourth-order valence-electron chi connectivity index (χ4n) is 6.46. The zero-order valence-corrected chi connectivity index (χ0v) is 28.6. The zero-order chi connectivity index (χ0) is 36.1. The molecule has 10 nitrogen and oxygen atoms in total. The molecule has 9 aromatic rings. The number of benzene rings is 4. The number of nitrogens with zero attached hydrogens (tertiary/aromatic N) is 10. The van der Waals surface area contributed by atoms with E-state index in [1.165, 1.54) is 25.3 Å². The molecule has 0 aliphatic rings. The van der Waals surface area contributed by atoms with Crippen molar-refractivity contribution in [1.29, 1.82) is 0 Å². The maximum absolute atomic E-state index is 5.41. The first kappa shape index (κ1) is 32.2. The van der Waals surface area contributed by atoms with Crippen LogP contribution in [0.3, 0.4) is 0 Å². The van der Waals surface area contributed by atoms with Gasteiger partial charge in [0.05, 0.1) is 11.4 Å². The highest BCUT2D eigenvalue weighted by molar-refractivity contribution is 5.94. The van der Waals surface area contributed by atoms with Crippen molar-refractivity contribution in [3.8, 4) is 89.5 Å². The van der Waals surface area contributed by atoms with Crippen molar-refractivity contribution in [1.82, 2.24) is 49.8 Å². The highest BCUT2D eigenvalue weighted by atomic mass is 14.9. The summed E-state index contributed by atoms with van der Waals surface area (Å²) in [7, 11) is 0. The monoisotopic (exact) mass is 696 g/mol. The quantitative estimate of drug-likeness (QED) is 0.152. The van der Waals surface area contributed by atoms with Crippen LogP contribution < -0.4 is 0 Å². The molecule has 0 atom stereocenters. The lowest BCUT2D eigenvalue weighted by molar-refractivity contribution is 1.16. The first-order valence-electron chi connectivity index (χ1n) is 17.1. The molecular weight excluding hydrogens is 669 g/mol. The van der Waals surface area contributed by atoms with E-state index in [0.717, 1.165) is 83.7 Å². The van der Waals surface area contributed by atoms with Crippen molar-refractivity contribution in [3.63, 3.8) is 0 Å². The number of hydrogen-bond acceptors (Lipinski definition) is 10. The molecule has 0 unspecified atom stereocenters. The Bertz CT molecular complexity index is 2610. The van der Waals surface area contributed by atoms with Crippen LogP contribution in [0.15, 0.2) is 172 Å². The Morgan fingerprint density at radius 3 is 0.907 bits per heavy atom. The Balaban J connectivity index is 1.33. The van der Waals surface area contributed by atoms with Crippen LogP contribution in [0.5, 0.6) is 0 Å². The molecule has 0 radical (unpaired) electrons. The minimum absolute atomic E-state index is 0.567. The molecule has 0 aliphatic carbocycles. The van der Waals surface area contributed by atoms with Crippen LogP contribution in [-0.4, -0.2) is 49.8 Å². The molecule has 10 heteroatoms. The Morgan fingerprint density at radius 1 is 0.259 bits per heavy atom. The summed E-state index contributed by atoms with van der Waals surface area (Å²) in [5, 5.41) is 0. The molecule has 254 valence electrons. The molecule has 0 spiro atoms. The molecule has 5 heterocycles. The molecule has 54 heavy (non-hydrogen) atoms. The maximum atomic E-state index is 5.41. The molecule has 0 bridgehead atoms. The summed E-state index contributed by atoms with van der Waals surface area (Å²) >= 11 is 0. The molecule has 0 N–H and O–H groups in total. The van der Waals surface area contributed by atoms with E-state index in [1.807, 2.05) is 73.6 Å². The molecule has 9 rings (SSSR count). The lowest BCUT2D eigenvalue weighted by Crippen LogP contribution is -2.01. The smallest absolute Gasteiger partial charge is 0.160 e. The van der Waals surface area contributed by atoms with Gasteiger partial charge in [0.15, 0.2) is 5.82 Å². The SMILES string of the molecule is c1cc(-c2cncnc2)cc(-c2nc(-c3cccc(-c4cncnc4)c3)c(-c3cccc(-c4cncnc4)c3)c(-c3cccc(-c4cncnc4)c3)n2)c1. The molecule has 0 fully saturated rings. The first-order chi connectivity index (χ1) is 26.8. The Morgan fingerprint density at radius 2 is 0.537 bits per heavy atom. The molecule has 5 aromatic heterocycles. The van der Waals surface area contributed by atoms with Crippen LogP contribution in [-0.2, 0) is 0 Å². The molecule has 0 aliphatic heterocycles. The van der Waals surface area contributed by atoms with E-state index in [9.17, 15) is 0 Å². The van der Waals surface area contributed by atoms with Gasteiger partial charge >= 0.3 is 0 Å². The fourth-order valence-corrected chi connectivity index (χ4v) is 6.46. The van der Waals surface area contributed by atoms with E-state index in [-0.39, 0.29) is 0 Å². The van der Waals surface area contributed by atoms with Crippen molar-refractivity contribution < 1.29 is 0 Å². The average molecular weight is 697 g/mol. The third-order valence-corrected chi connectivity index (χ3v) is 9.03. The van der Waals surface area contributed by atoms with E-state index in [4.69, 9.17) is 9.97 Å². The predicted octanol–water partition coefficient (Wildman–Crippen LogP) is 8.97. The van der Waals surface area contributed by atoms with Gasteiger partial charge in [-0.1, -0.05) is 72.8 Å². The number of hydrogen-bond donors (Lipinski definition) is 0. The van der Waals surface area contributed by atoms with E-state index < -0.39 is 0 Å². The summed E-state index contributed by atoms with van der Waals surface area (Å²) in [4.78, 5) is 45.0. The third kappa shape index (κ3) is 6.58. The van der Waals surface area contributed by atoms with E-state index in [1.54, 1.807) is 12.4 Å². The average Bonchev–Trinajstić information content (AvgIpc) is 3.27. The van der Waals surface area contributed by atoms with E-state index in [2.05, 4.69) is 101 Å². The second-order valence-electron chi connectivity index (χ2n) is 12.5. The molecule has 0 saturated heterocycles. The minimum atomic E-state index is 0.567. The summed E-state index contributed by atoms with van der Waals surface area (Å²) < 4.78 is 0. The van der Waals surface area contributed by atoms with Crippen LogP contribution in [0.1, 0.15) is 0 Å². The molecular formula is C44H28N10. The molecule has 4 aromatic carbocycles. The Kier molecular flexibility index (Phi) is 8.64. The Labute approximate surface area is 310 Å². The lowest BCUT2D eigenvalue weighted by Gasteiger charge is -2.18. The molecule has 0 amide bonds. The molecule has 0 saturated carbocycles. The Hall–Kier alpha value is -7.72. The fraction of sp³-hybridized carbons (Fsp3) is 0. The standard InChI is InChI=1S/C44H28N10/c1-5-29(37-17-45-25-46-18-37)13-33(9-1)41-42(34-10-2-6-30(14-34)38-19-47-26-48-20-38)53-44(36-12-4-8-32(16-36)40-23-51-28-52-24-40)54-43(41)35-11-3-7-31(15-35)39-21-49-27-50-22-39/h1-28H. The summed E-state index contributed by atoms with van der Waals surface area (Å²) in [5.41, 5.74) is 13.4. The van der Waals surface area contributed by atoms with E-state index in [0.29, 0.717) is 5.82 Å². The van der Waals surface area contributed by atoms with Gasteiger partial charge in [-0.25, -0.2) is 49.8 Å². The third-order valence-electron chi connectivity index (χ3n) is 9.03. The van der Waals surface area contributed by atoms with Gasteiger partial charge < -0.3 is 0 Å². The van der Waals surface area contributed by atoms with Gasteiger partial charge in [0.2, 0.25) is 0 Å². The summed E-state index contributed by atoms with van der Waals surface area (Å²) in [6.45, 7) is 0. The highest BCUT2D eigenvalue weighted by Crippen LogP contribution is 2.42. The zero-order valence-electron chi connectivity index (χ0n) is 28.6. The van der Waals surface area contributed by atoms with Crippen molar-refractivity contribution in [2.24, 2.45) is 0 Å². The van der Waals surface area contributed by atoms with Crippen LogP contribution in [0.25, 0.3) is 89.5 Å². The minimum Gasteiger partial charge on any atom is -0.244 e. The van der Waals surface area contributed by atoms with Crippen molar-refractivity contribution in [2.75, 3.05) is 0 Å². The van der Waals surface area contributed by atoms with Crippen molar-refractivity contribution >= 4 is 0 Å². The normalized spacial score (nSPS) is 11.0. The van der Waals surface area contributed by atoms with Gasteiger partial charge in [-0.05, 0) is 52.1 Å². The lowest BCUT2D eigenvalue weighted by atomic mass is 9.91. The predicted molar refractivity (Wildman–Crippen MR) is 208 cm³/mol. The summed E-state index contributed by atoms with van der Waals surface area (Å²) in [6.07, 6.45) is 20.6. The summed E-state index contributed by atoms with van der Waals surface area (Å²) in [6, 6.07) is 33.1. The first-order valence-corrected chi connectivity index (χ1v) is 17.1. The topological polar surface area (TPSA) is 129 Å². The van der Waals surface area contributed by atoms with Gasteiger partial charge in [-0.2, -0.15) is 0 Å². The van der Waals surface area contributed by atoms with Crippen molar-refractivity contribution in [2.45, 2.75) is 0 Å². The van der Waals surface area contributed by atoms with Gasteiger partial charge in [0.1, 0.15) is 25.3 Å². The van der Waals surface area contributed by atoms with Crippen LogP contribution in [0, 0.1) is 0 Å². The highest BCUT2D eigenvalue weighted by Gasteiger charge is 2.22. The van der Waals surface area contributed by atoms with Crippen LogP contribution in [0.2, 0.25) is 0 Å². The number of rotatable bonds is 8. The van der Waals surface area contributed by atoms with Gasteiger partial charge in [-0.15, -0.1) is 0 Å². The van der Waals surface area contributed by atoms with Gasteiger partial charge in [0.25, 0.3) is 0 Å². The van der Waals surface area contributed by atoms with Gasteiger partial charge in [-0.3, -0.25) is 0 Å². The number of aromatic nitrogens is 10.